The van der Waals surface area contributed by atoms with Gasteiger partial charge in [-0.1, -0.05) is 24.8 Å². The summed E-state index contributed by atoms with van der Waals surface area (Å²) in [6.07, 6.45) is 7.07. The molecule has 5 aromatic rings. The molecule has 0 radical (unpaired) electrons. The van der Waals surface area contributed by atoms with Gasteiger partial charge in [0.25, 0.3) is 0 Å². The number of hydrogen-bond donors (Lipinski definition) is 3. The maximum atomic E-state index is 12.4. The Hall–Kier alpha value is -5.71. The summed E-state index contributed by atoms with van der Waals surface area (Å²) in [5, 5.41) is 16.6. The number of pyridine rings is 1. The van der Waals surface area contributed by atoms with Crippen LogP contribution in [0.25, 0.3) is 22.3 Å². The Kier molecular flexibility index (Phi) is 8.33. The van der Waals surface area contributed by atoms with Gasteiger partial charge in [-0.15, -0.1) is 0 Å². The van der Waals surface area contributed by atoms with Crippen LogP contribution >= 0.6 is 0 Å². The van der Waals surface area contributed by atoms with E-state index in [9.17, 15) is 14.7 Å². The molecule has 43 heavy (non-hydrogen) atoms. The van der Waals surface area contributed by atoms with Crippen LogP contribution in [0.15, 0.2) is 85.8 Å². The van der Waals surface area contributed by atoms with Crippen molar-refractivity contribution in [1.29, 1.82) is 0 Å². The van der Waals surface area contributed by atoms with Crippen molar-refractivity contribution in [2.24, 2.45) is 7.05 Å². The summed E-state index contributed by atoms with van der Waals surface area (Å²) in [5.41, 5.74) is 5.16. The first-order chi connectivity index (χ1) is 20.8. The van der Waals surface area contributed by atoms with Gasteiger partial charge in [0.15, 0.2) is 0 Å². The van der Waals surface area contributed by atoms with E-state index in [1.54, 1.807) is 49.8 Å². The van der Waals surface area contributed by atoms with E-state index in [2.05, 4.69) is 27.2 Å². The first-order valence-electron chi connectivity index (χ1n) is 13.5. The average Bonchev–Trinajstić information content (AvgIpc) is 3.36. The number of nitrogens with one attached hydrogen (secondary N) is 2. The Morgan fingerprint density at radius 1 is 1.09 bits per heavy atom. The van der Waals surface area contributed by atoms with Gasteiger partial charge in [0, 0.05) is 56.2 Å². The van der Waals surface area contributed by atoms with Crippen LogP contribution in [0.3, 0.4) is 0 Å². The van der Waals surface area contributed by atoms with Crippen molar-refractivity contribution in [1.82, 2.24) is 19.5 Å². The Morgan fingerprint density at radius 3 is 2.67 bits per heavy atom. The maximum Gasteiger partial charge on any atom is 0.335 e. The van der Waals surface area contributed by atoms with Crippen LogP contribution in [0.4, 0.5) is 23.0 Å². The molecule has 3 N–H and O–H groups in total. The highest BCUT2D eigenvalue weighted by Gasteiger charge is 2.18. The molecule has 1 amide bonds. The molecule has 0 saturated heterocycles. The van der Waals surface area contributed by atoms with E-state index < -0.39 is 5.97 Å². The molecule has 0 unspecified atom stereocenters. The number of hydrogen-bond acceptors (Lipinski definition) is 8. The van der Waals surface area contributed by atoms with Crippen LogP contribution in [0.5, 0.6) is 5.75 Å². The van der Waals surface area contributed by atoms with Crippen molar-refractivity contribution in [2.45, 2.75) is 6.42 Å². The van der Waals surface area contributed by atoms with Crippen molar-refractivity contribution in [3.05, 3.63) is 97.0 Å². The highest BCUT2D eigenvalue weighted by Crippen LogP contribution is 2.38. The Balaban J connectivity index is 1.46. The van der Waals surface area contributed by atoms with Crippen LogP contribution in [-0.4, -0.2) is 57.2 Å². The molecule has 0 aliphatic carbocycles. The number of aromatic carboxylic acids is 1. The number of carboxylic acids is 1. The summed E-state index contributed by atoms with van der Waals surface area (Å²) >= 11 is 0. The van der Waals surface area contributed by atoms with E-state index in [0.717, 1.165) is 16.6 Å². The number of rotatable bonds is 11. The van der Waals surface area contributed by atoms with Crippen molar-refractivity contribution in [3.63, 3.8) is 0 Å². The number of amides is 1. The molecule has 218 valence electrons. The number of carboxylic acid groups (broad SMARTS) is 1. The van der Waals surface area contributed by atoms with Gasteiger partial charge in [-0.3, -0.25) is 4.79 Å². The normalized spacial score (nSPS) is 10.8. The first kappa shape index (κ1) is 28.8. The predicted molar refractivity (Wildman–Crippen MR) is 167 cm³/mol. The molecule has 5 rings (SSSR count). The third kappa shape index (κ3) is 6.15. The Labute approximate surface area is 248 Å². The fourth-order valence-electron chi connectivity index (χ4n) is 4.90. The third-order valence-electron chi connectivity index (χ3n) is 7.05. The van der Waals surface area contributed by atoms with Gasteiger partial charge in [-0.25, -0.2) is 19.7 Å². The van der Waals surface area contributed by atoms with Crippen molar-refractivity contribution < 1.29 is 19.4 Å². The molecule has 0 fully saturated rings. The lowest BCUT2D eigenvalue weighted by Crippen LogP contribution is -2.23. The fourth-order valence-corrected chi connectivity index (χ4v) is 4.90. The lowest BCUT2D eigenvalue weighted by molar-refractivity contribution is -0.111. The minimum absolute atomic E-state index is 0.259. The smallest absolute Gasteiger partial charge is 0.335 e. The molecule has 11 heteroatoms. The molecular formula is C32H31N7O4. The van der Waals surface area contributed by atoms with Crippen LogP contribution in [0.1, 0.15) is 15.9 Å². The zero-order chi connectivity index (χ0) is 30.5. The molecule has 0 bridgehead atoms. The second-order valence-corrected chi connectivity index (χ2v) is 9.82. The molecule has 0 aliphatic rings. The standard InChI is InChI=1S/C32H31N7O4/c1-5-29(40)35-25-17-26(28(43-4)18-27(25)38(2)16-13-20-9-6-7-10-21(20)31(41)42)37-32-34-15-12-24(36-32)23-19-39(3)30-22(23)11-8-14-33-30/h5-12,14-15,17-19H,1,13,16H2,2-4H3,(H,35,40)(H,41,42)(H,34,36,37). The molecule has 3 aromatic heterocycles. The van der Waals surface area contributed by atoms with Crippen LogP contribution < -0.4 is 20.3 Å². The number of ether oxygens (including phenoxy) is 1. The van der Waals surface area contributed by atoms with Crippen LogP contribution in [0, 0.1) is 0 Å². The quantitative estimate of drug-likeness (QED) is 0.179. The molecule has 2 aromatic carbocycles. The SMILES string of the molecule is C=CC(=O)Nc1cc(Nc2nccc(-c3cn(C)c4ncccc34)n2)c(OC)cc1N(C)CCc1ccccc1C(=O)O. The predicted octanol–water partition coefficient (Wildman–Crippen LogP) is 5.28. The van der Waals surface area contributed by atoms with Gasteiger partial charge in [0.05, 0.1) is 35.4 Å². The third-order valence-corrected chi connectivity index (χ3v) is 7.05. The monoisotopic (exact) mass is 577 g/mol. The lowest BCUT2D eigenvalue weighted by atomic mass is 10.0. The van der Waals surface area contributed by atoms with E-state index in [1.807, 2.05) is 54.0 Å². The number of anilines is 4. The van der Waals surface area contributed by atoms with Gasteiger partial charge < -0.3 is 29.9 Å². The van der Waals surface area contributed by atoms with Crippen LogP contribution in [0.2, 0.25) is 0 Å². The second-order valence-electron chi connectivity index (χ2n) is 9.82. The number of aromatic nitrogens is 4. The van der Waals surface area contributed by atoms with Crippen molar-refractivity contribution >= 4 is 45.9 Å². The van der Waals surface area contributed by atoms with Gasteiger partial charge in [-0.2, -0.15) is 0 Å². The summed E-state index contributed by atoms with van der Waals surface area (Å²) < 4.78 is 7.67. The van der Waals surface area contributed by atoms with Gasteiger partial charge >= 0.3 is 5.97 Å². The summed E-state index contributed by atoms with van der Waals surface area (Å²) in [4.78, 5) is 39.6. The van der Waals surface area contributed by atoms with Gasteiger partial charge in [-0.05, 0) is 48.4 Å². The number of likely N-dealkylation sites (N-methyl/N-ethyl adjacent to an activating group) is 1. The number of benzene rings is 2. The number of carbonyl (C=O) groups is 2. The number of nitrogens with zero attached hydrogens (tertiary/aromatic N) is 5. The molecule has 0 atom stereocenters. The van der Waals surface area contributed by atoms with Gasteiger partial charge in [0.1, 0.15) is 11.4 Å². The Bertz CT molecular complexity index is 1830. The molecule has 3 heterocycles. The molecule has 11 nitrogen and oxygen atoms in total. The van der Waals surface area contributed by atoms with Crippen molar-refractivity contribution in [3.8, 4) is 17.0 Å². The first-order valence-corrected chi connectivity index (χ1v) is 13.5. The zero-order valence-electron chi connectivity index (χ0n) is 24.0. The van der Waals surface area contributed by atoms with E-state index in [4.69, 9.17) is 9.72 Å². The average molecular weight is 578 g/mol. The summed E-state index contributed by atoms with van der Waals surface area (Å²) in [6, 6.07) is 16.2. The van der Waals surface area contributed by atoms with E-state index in [0.29, 0.717) is 53.0 Å². The van der Waals surface area contributed by atoms with E-state index in [1.165, 1.54) is 6.08 Å². The minimum atomic E-state index is -0.974. The highest BCUT2D eigenvalue weighted by molar-refractivity contribution is 6.02. The fraction of sp³-hybridized carbons (Fsp3) is 0.156. The van der Waals surface area contributed by atoms with E-state index in [-0.39, 0.29) is 11.5 Å². The lowest BCUT2D eigenvalue weighted by Gasteiger charge is -2.25. The van der Waals surface area contributed by atoms with Crippen LogP contribution in [-0.2, 0) is 18.3 Å². The van der Waals surface area contributed by atoms with Gasteiger partial charge in [0.2, 0.25) is 11.9 Å². The molecular weight excluding hydrogens is 546 g/mol. The molecule has 0 spiro atoms. The summed E-state index contributed by atoms with van der Waals surface area (Å²) in [5.74, 6) is -0.528. The zero-order valence-corrected chi connectivity index (χ0v) is 24.0. The maximum absolute atomic E-state index is 12.4. The topological polar surface area (TPSA) is 134 Å². The number of methoxy groups -OCH3 is 1. The largest absolute Gasteiger partial charge is 0.494 e. The van der Waals surface area contributed by atoms with E-state index >= 15 is 0 Å². The number of aryl methyl sites for hydroxylation is 1. The second kappa shape index (κ2) is 12.4. The molecule has 0 saturated carbocycles. The van der Waals surface area contributed by atoms with Crippen molar-refractivity contribution in [2.75, 3.05) is 36.2 Å². The highest BCUT2D eigenvalue weighted by atomic mass is 16.5. The Morgan fingerprint density at radius 2 is 1.91 bits per heavy atom. The molecule has 0 aliphatic heterocycles. The number of fused-ring (bicyclic) bond motifs is 1. The minimum Gasteiger partial charge on any atom is -0.494 e. The number of carbonyl (C=O) groups excluding carboxylic acids is 1. The summed E-state index contributed by atoms with van der Waals surface area (Å²) in [7, 11) is 5.35. The summed E-state index contributed by atoms with van der Waals surface area (Å²) in [6.45, 7) is 4.05.